The van der Waals surface area contributed by atoms with Gasteiger partial charge in [-0.25, -0.2) is 0 Å². The third-order valence-electron chi connectivity index (χ3n) is 4.04. The summed E-state index contributed by atoms with van der Waals surface area (Å²) in [5.41, 5.74) is 0. The van der Waals surface area contributed by atoms with E-state index in [0.29, 0.717) is 12.5 Å². The summed E-state index contributed by atoms with van der Waals surface area (Å²) in [5, 5.41) is 11.7. The second kappa shape index (κ2) is 8.94. The van der Waals surface area contributed by atoms with Crippen LogP contribution in [-0.2, 0) is 9.59 Å². The number of aliphatic carboxylic acids is 1. The van der Waals surface area contributed by atoms with Gasteiger partial charge in [-0.1, -0.05) is 32.6 Å². The molecular formula is C15H27NO3. The standard InChI is InChI=1S/C15H27NO3/c1-2-5-12(8-9-14(17)18)10-11-16-15(19)13-6-3-4-7-13/h12-13H,2-11H2,1H3,(H,16,19)(H,17,18). The molecular weight excluding hydrogens is 242 g/mol. The number of carboxylic acid groups (broad SMARTS) is 1. The van der Waals surface area contributed by atoms with Crippen LogP contribution in [0.1, 0.15) is 64.7 Å². The normalized spacial score (nSPS) is 17.3. The van der Waals surface area contributed by atoms with Gasteiger partial charge in [0.25, 0.3) is 0 Å². The summed E-state index contributed by atoms with van der Waals surface area (Å²) < 4.78 is 0. The van der Waals surface area contributed by atoms with Crippen molar-refractivity contribution >= 4 is 11.9 Å². The molecule has 4 heteroatoms. The molecule has 0 radical (unpaired) electrons. The van der Waals surface area contributed by atoms with Gasteiger partial charge in [0.1, 0.15) is 0 Å². The highest BCUT2D eigenvalue weighted by Gasteiger charge is 2.22. The minimum Gasteiger partial charge on any atom is -0.481 e. The molecule has 1 saturated carbocycles. The fourth-order valence-corrected chi connectivity index (χ4v) is 2.90. The number of hydrogen-bond donors (Lipinski definition) is 2. The summed E-state index contributed by atoms with van der Waals surface area (Å²) in [6.07, 6.45) is 8.40. The van der Waals surface area contributed by atoms with Gasteiger partial charge in [-0.05, 0) is 31.6 Å². The SMILES string of the molecule is CCCC(CCNC(=O)C1CCCC1)CCC(=O)O. The van der Waals surface area contributed by atoms with E-state index < -0.39 is 5.97 Å². The quantitative estimate of drug-likeness (QED) is 0.676. The summed E-state index contributed by atoms with van der Waals surface area (Å²) in [7, 11) is 0. The number of carboxylic acids is 1. The van der Waals surface area contributed by atoms with Crippen molar-refractivity contribution in [2.24, 2.45) is 11.8 Å². The van der Waals surface area contributed by atoms with E-state index in [4.69, 9.17) is 5.11 Å². The van der Waals surface area contributed by atoms with E-state index in [1.165, 1.54) is 12.8 Å². The third kappa shape index (κ3) is 6.60. The first-order valence-electron chi connectivity index (χ1n) is 7.63. The van der Waals surface area contributed by atoms with E-state index in [1.807, 2.05) is 0 Å². The Balaban J connectivity index is 2.19. The van der Waals surface area contributed by atoms with Crippen LogP contribution in [0, 0.1) is 11.8 Å². The lowest BCUT2D eigenvalue weighted by Crippen LogP contribution is -2.31. The first-order chi connectivity index (χ1) is 9.13. The highest BCUT2D eigenvalue weighted by atomic mass is 16.4. The molecule has 0 heterocycles. The molecule has 1 aliphatic carbocycles. The summed E-state index contributed by atoms with van der Waals surface area (Å²) in [4.78, 5) is 22.4. The number of amides is 1. The molecule has 0 bridgehead atoms. The van der Waals surface area contributed by atoms with E-state index in [0.717, 1.165) is 38.5 Å². The van der Waals surface area contributed by atoms with Gasteiger partial charge in [-0.15, -0.1) is 0 Å². The topological polar surface area (TPSA) is 66.4 Å². The molecule has 1 fully saturated rings. The molecule has 0 aromatic carbocycles. The molecule has 2 N–H and O–H groups in total. The van der Waals surface area contributed by atoms with Crippen molar-refractivity contribution in [3.05, 3.63) is 0 Å². The van der Waals surface area contributed by atoms with Crippen molar-refractivity contribution in [2.75, 3.05) is 6.54 Å². The van der Waals surface area contributed by atoms with Crippen molar-refractivity contribution in [3.63, 3.8) is 0 Å². The van der Waals surface area contributed by atoms with Crippen LogP contribution in [0.5, 0.6) is 0 Å². The molecule has 0 aromatic heterocycles. The van der Waals surface area contributed by atoms with Gasteiger partial charge in [-0.3, -0.25) is 9.59 Å². The number of carbonyl (C=O) groups is 2. The Kier molecular flexibility index (Phi) is 7.53. The molecule has 4 nitrogen and oxygen atoms in total. The Labute approximate surface area is 116 Å². The van der Waals surface area contributed by atoms with Gasteiger partial charge < -0.3 is 10.4 Å². The zero-order valence-corrected chi connectivity index (χ0v) is 12.0. The molecule has 19 heavy (non-hydrogen) atoms. The molecule has 0 aromatic rings. The molecule has 1 atom stereocenters. The predicted octanol–water partition coefficient (Wildman–Crippen LogP) is 2.96. The van der Waals surface area contributed by atoms with E-state index in [2.05, 4.69) is 12.2 Å². The first-order valence-corrected chi connectivity index (χ1v) is 7.63. The predicted molar refractivity (Wildman–Crippen MR) is 74.9 cm³/mol. The van der Waals surface area contributed by atoms with Gasteiger partial charge in [0, 0.05) is 18.9 Å². The van der Waals surface area contributed by atoms with Gasteiger partial charge in [-0.2, -0.15) is 0 Å². The van der Waals surface area contributed by atoms with Crippen LogP contribution in [0.2, 0.25) is 0 Å². The van der Waals surface area contributed by atoms with Gasteiger partial charge in [0.05, 0.1) is 0 Å². The van der Waals surface area contributed by atoms with Crippen molar-refractivity contribution < 1.29 is 14.7 Å². The fraction of sp³-hybridized carbons (Fsp3) is 0.867. The molecule has 1 amide bonds. The first kappa shape index (κ1) is 16.0. The number of hydrogen-bond acceptors (Lipinski definition) is 2. The lowest BCUT2D eigenvalue weighted by atomic mass is 9.94. The highest BCUT2D eigenvalue weighted by molar-refractivity contribution is 5.78. The van der Waals surface area contributed by atoms with Crippen molar-refractivity contribution in [2.45, 2.75) is 64.7 Å². The van der Waals surface area contributed by atoms with Crippen LogP contribution < -0.4 is 5.32 Å². The summed E-state index contributed by atoms with van der Waals surface area (Å²) in [6.45, 7) is 2.81. The Morgan fingerprint density at radius 2 is 1.89 bits per heavy atom. The van der Waals surface area contributed by atoms with Gasteiger partial charge in [0.2, 0.25) is 5.91 Å². The smallest absolute Gasteiger partial charge is 0.303 e. The second-order valence-electron chi connectivity index (χ2n) is 5.65. The van der Waals surface area contributed by atoms with Crippen molar-refractivity contribution in [1.82, 2.24) is 5.32 Å². The van der Waals surface area contributed by atoms with Crippen molar-refractivity contribution in [3.8, 4) is 0 Å². The molecule has 0 aliphatic heterocycles. The number of nitrogens with one attached hydrogen (secondary N) is 1. The van der Waals surface area contributed by atoms with E-state index in [1.54, 1.807) is 0 Å². The molecule has 0 spiro atoms. The van der Waals surface area contributed by atoms with Crippen LogP contribution in [0.3, 0.4) is 0 Å². The Morgan fingerprint density at radius 3 is 2.47 bits per heavy atom. The lowest BCUT2D eigenvalue weighted by molar-refractivity contribution is -0.137. The van der Waals surface area contributed by atoms with E-state index >= 15 is 0 Å². The average Bonchev–Trinajstić information content (AvgIpc) is 2.89. The van der Waals surface area contributed by atoms with Crippen LogP contribution in [0.4, 0.5) is 0 Å². The van der Waals surface area contributed by atoms with Gasteiger partial charge in [0.15, 0.2) is 0 Å². The molecule has 1 rings (SSSR count). The Morgan fingerprint density at radius 1 is 1.21 bits per heavy atom. The monoisotopic (exact) mass is 269 g/mol. The maximum Gasteiger partial charge on any atom is 0.303 e. The average molecular weight is 269 g/mol. The zero-order chi connectivity index (χ0) is 14.1. The van der Waals surface area contributed by atoms with E-state index in [9.17, 15) is 9.59 Å². The maximum atomic E-state index is 11.8. The van der Waals surface area contributed by atoms with Gasteiger partial charge >= 0.3 is 5.97 Å². The Bertz CT molecular complexity index is 285. The maximum absolute atomic E-state index is 11.8. The number of rotatable bonds is 9. The van der Waals surface area contributed by atoms with Crippen LogP contribution in [0.25, 0.3) is 0 Å². The van der Waals surface area contributed by atoms with Crippen LogP contribution in [-0.4, -0.2) is 23.5 Å². The highest BCUT2D eigenvalue weighted by Crippen LogP contribution is 2.24. The lowest BCUT2D eigenvalue weighted by Gasteiger charge is -2.16. The largest absolute Gasteiger partial charge is 0.481 e. The van der Waals surface area contributed by atoms with E-state index in [-0.39, 0.29) is 18.2 Å². The summed E-state index contributed by atoms with van der Waals surface area (Å²) >= 11 is 0. The minimum atomic E-state index is -0.726. The second-order valence-corrected chi connectivity index (χ2v) is 5.65. The number of carbonyl (C=O) groups excluding carboxylic acids is 1. The van der Waals surface area contributed by atoms with Crippen LogP contribution in [0.15, 0.2) is 0 Å². The minimum absolute atomic E-state index is 0.200. The third-order valence-corrected chi connectivity index (χ3v) is 4.04. The summed E-state index contributed by atoms with van der Waals surface area (Å²) in [5.74, 6) is 0.121. The summed E-state index contributed by atoms with van der Waals surface area (Å²) in [6, 6.07) is 0. The van der Waals surface area contributed by atoms with Crippen molar-refractivity contribution in [1.29, 1.82) is 0 Å². The zero-order valence-electron chi connectivity index (χ0n) is 12.0. The molecule has 1 unspecified atom stereocenters. The Hall–Kier alpha value is -1.06. The molecule has 110 valence electrons. The molecule has 0 saturated heterocycles. The van der Waals surface area contributed by atoms with Crippen LogP contribution >= 0.6 is 0 Å². The fourth-order valence-electron chi connectivity index (χ4n) is 2.90. The molecule has 1 aliphatic rings.